The number of rotatable bonds is 4. The number of hydrogen-bond donors (Lipinski definition) is 1. The highest BCUT2D eigenvalue weighted by atomic mass is 35.5. The Bertz CT molecular complexity index is 805. The third kappa shape index (κ3) is 3.66. The SMILES string of the molecule is Cc1cc(S(=O)(=O)Nc2cccc(N(C)C)c2)c(Cl)cc1Cl. The van der Waals surface area contributed by atoms with Crippen molar-refractivity contribution in [2.45, 2.75) is 11.8 Å². The van der Waals surface area contributed by atoms with Gasteiger partial charge >= 0.3 is 0 Å². The Morgan fingerprint density at radius 3 is 2.36 bits per heavy atom. The first-order valence-corrected chi connectivity index (χ1v) is 8.70. The standard InChI is InChI=1S/C15H16Cl2N2O2S/c1-10-7-15(14(17)9-13(10)16)22(20,21)18-11-5-4-6-12(8-11)19(2)3/h4-9,18H,1-3H3. The molecular formula is C15H16Cl2N2O2S. The maximum Gasteiger partial charge on any atom is 0.263 e. The van der Waals surface area contributed by atoms with Gasteiger partial charge in [0.15, 0.2) is 0 Å². The fraction of sp³-hybridized carbons (Fsp3) is 0.200. The summed E-state index contributed by atoms with van der Waals surface area (Å²) < 4.78 is 27.6. The predicted molar refractivity (Wildman–Crippen MR) is 92.8 cm³/mol. The first-order valence-electron chi connectivity index (χ1n) is 6.46. The Hall–Kier alpha value is -1.43. The van der Waals surface area contributed by atoms with E-state index in [0.717, 1.165) is 5.69 Å². The van der Waals surface area contributed by atoms with E-state index in [1.54, 1.807) is 25.1 Å². The summed E-state index contributed by atoms with van der Waals surface area (Å²) in [7, 11) is -0.0209. The zero-order valence-electron chi connectivity index (χ0n) is 12.4. The number of anilines is 2. The van der Waals surface area contributed by atoms with E-state index in [2.05, 4.69) is 4.72 Å². The fourth-order valence-corrected chi connectivity index (χ4v) is 3.78. The molecular weight excluding hydrogens is 343 g/mol. The first-order chi connectivity index (χ1) is 10.2. The van der Waals surface area contributed by atoms with Crippen molar-refractivity contribution in [3.8, 4) is 0 Å². The lowest BCUT2D eigenvalue weighted by molar-refractivity contribution is 0.601. The summed E-state index contributed by atoms with van der Waals surface area (Å²) in [5, 5.41) is 0.519. The van der Waals surface area contributed by atoms with Crippen molar-refractivity contribution in [1.29, 1.82) is 0 Å². The van der Waals surface area contributed by atoms with Crippen molar-refractivity contribution in [3.63, 3.8) is 0 Å². The van der Waals surface area contributed by atoms with Gasteiger partial charge in [-0.15, -0.1) is 0 Å². The normalized spacial score (nSPS) is 11.3. The second-order valence-corrected chi connectivity index (χ2v) is 7.55. The highest BCUT2D eigenvalue weighted by Gasteiger charge is 2.19. The Labute approximate surface area is 140 Å². The maximum atomic E-state index is 12.5. The molecule has 0 amide bonds. The minimum atomic E-state index is -3.78. The van der Waals surface area contributed by atoms with Crippen LogP contribution in [0.2, 0.25) is 10.0 Å². The van der Waals surface area contributed by atoms with E-state index in [0.29, 0.717) is 16.3 Å². The van der Waals surface area contributed by atoms with Crippen LogP contribution in [-0.2, 0) is 10.0 Å². The number of hydrogen-bond acceptors (Lipinski definition) is 3. The van der Waals surface area contributed by atoms with Crippen LogP contribution in [0.4, 0.5) is 11.4 Å². The smallest absolute Gasteiger partial charge is 0.263 e. The van der Waals surface area contributed by atoms with Gasteiger partial charge in [0.1, 0.15) is 4.90 Å². The quantitative estimate of drug-likeness (QED) is 0.892. The van der Waals surface area contributed by atoms with E-state index in [-0.39, 0.29) is 9.92 Å². The molecule has 4 nitrogen and oxygen atoms in total. The lowest BCUT2D eigenvalue weighted by Gasteiger charge is -2.15. The topological polar surface area (TPSA) is 49.4 Å². The van der Waals surface area contributed by atoms with Gasteiger partial charge in [-0.3, -0.25) is 4.72 Å². The fourth-order valence-electron chi connectivity index (χ4n) is 1.89. The van der Waals surface area contributed by atoms with Crippen molar-refractivity contribution >= 4 is 44.6 Å². The molecule has 0 heterocycles. The summed E-state index contributed by atoms with van der Waals surface area (Å²) in [4.78, 5) is 1.89. The van der Waals surface area contributed by atoms with Gasteiger partial charge in [-0.05, 0) is 42.8 Å². The number of nitrogens with one attached hydrogen (secondary N) is 1. The molecule has 2 aromatic carbocycles. The first kappa shape index (κ1) is 16.9. The van der Waals surface area contributed by atoms with Crippen molar-refractivity contribution in [3.05, 3.63) is 52.0 Å². The highest BCUT2D eigenvalue weighted by Crippen LogP contribution is 2.30. The van der Waals surface area contributed by atoms with E-state index < -0.39 is 10.0 Å². The Balaban J connectivity index is 2.40. The molecule has 2 rings (SSSR count). The number of sulfonamides is 1. The molecule has 0 atom stereocenters. The van der Waals surface area contributed by atoms with Crippen LogP contribution in [0.15, 0.2) is 41.3 Å². The Kier molecular flexibility index (Phi) is 4.90. The van der Waals surface area contributed by atoms with Gasteiger partial charge < -0.3 is 4.90 Å². The molecule has 0 spiro atoms. The molecule has 0 unspecified atom stereocenters. The minimum Gasteiger partial charge on any atom is -0.378 e. The van der Waals surface area contributed by atoms with Crippen molar-refractivity contribution in [2.75, 3.05) is 23.7 Å². The largest absolute Gasteiger partial charge is 0.378 e. The van der Waals surface area contributed by atoms with E-state index in [1.807, 2.05) is 25.1 Å². The molecule has 1 N–H and O–H groups in total. The van der Waals surface area contributed by atoms with Gasteiger partial charge in [-0.25, -0.2) is 8.42 Å². The number of halogens is 2. The van der Waals surface area contributed by atoms with E-state index >= 15 is 0 Å². The summed E-state index contributed by atoms with van der Waals surface area (Å²) in [6, 6.07) is 9.99. The third-order valence-electron chi connectivity index (χ3n) is 3.12. The van der Waals surface area contributed by atoms with E-state index in [9.17, 15) is 8.42 Å². The van der Waals surface area contributed by atoms with Gasteiger partial charge in [0.05, 0.1) is 10.7 Å². The summed E-state index contributed by atoms with van der Waals surface area (Å²) >= 11 is 12.0. The van der Waals surface area contributed by atoms with Crippen LogP contribution in [0.1, 0.15) is 5.56 Å². The van der Waals surface area contributed by atoms with Crippen LogP contribution in [0.3, 0.4) is 0 Å². The number of aryl methyl sites for hydroxylation is 1. The van der Waals surface area contributed by atoms with Crippen molar-refractivity contribution in [1.82, 2.24) is 0 Å². The van der Waals surface area contributed by atoms with Crippen LogP contribution >= 0.6 is 23.2 Å². The van der Waals surface area contributed by atoms with E-state index in [4.69, 9.17) is 23.2 Å². The summed E-state index contributed by atoms with van der Waals surface area (Å²) in [5.74, 6) is 0. The monoisotopic (exact) mass is 358 g/mol. The molecule has 0 bridgehead atoms. The molecule has 0 saturated heterocycles. The molecule has 0 fully saturated rings. The second-order valence-electron chi connectivity index (χ2n) is 5.08. The number of nitrogens with zero attached hydrogens (tertiary/aromatic N) is 1. The average Bonchev–Trinajstić information content (AvgIpc) is 2.42. The van der Waals surface area contributed by atoms with Gasteiger partial charge in [0, 0.05) is 24.8 Å². The van der Waals surface area contributed by atoms with Gasteiger partial charge in [-0.1, -0.05) is 29.3 Å². The maximum absolute atomic E-state index is 12.5. The predicted octanol–water partition coefficient (Wildman–Crippen LogP) is 4.17. The Morgan fingerprint density at radius 2 is 1.73 bits per heavy atom. The summed E-state index contributed by atoms with van der Waals surface area (Å²) in [5.41, 5.74) is 2.00. The number of benzene rings is 2. The molecule has 7 heteroatoms. The zero-order valence-corrected chi connectivity index (χ0v) is 14.7. The third-order valence-corrected chi connectivity index (χ3v) is 5.37. The molecule has 0 aliphatic carbocycles. The van der Waals surface area contributed by atoms with Crippen LogP contribution < -0.4 is 9.62 Å². The van der Waals surface area contributed by atoms with Crippen LogP contribution in [0, 0.1) is 6.92 Å². The molecule has 118 valence electrons. The lowest BCUT2D eigenvalue weighted by atomic mass is 10.2. The van der Waals surface area contributed by atoms with Gasteiger partial charge in [-0.2, -0.15) is 0 Å². The molecule has 0 aliphatic rings. The second kappa shape index (κ2) is 6.36. The van der Waals surface area contributed by atoms with Gasteiger partial charge in [0.2, 0.25) is 0 Å². The molecule has 0 aliphatic heterocycles. The molecule has 22 heavy (non-hydrogen) atoms. The molecule has 0 aromatic heterocycles. The minimum absolute atomic E-state index is 0.00585. The van der Waals surface area contributed by atoms with Crippen LogP contribution in [0.5, 0.6) is 0 Å². The lowest BCUT2D eigenvalue weighted by Crippen LogP contribution is -2.15. The average molecular weight is 359 g/mol. The van der Waals surface area contributed by atoms with Gasteiger partial charge in [0.25, 0.3) is 10.0 Å². The van der Waals surface area contributed by atoms with Crippen LogP contribution in [0.25, 0.3) is 0 Å². The van der Waals surface area contributed by atoms with Crippen molar-refractivity contribution < 1.29 is 8.42 Å². The Morgan fingerprint density at radius 1 is 1.05 bits per heavy atom. The van der Waals surface area contributed by atoms with Crippen molar-refractivity contribution in [2.24, 2.45) is 0 Å². The van der Waals surface area contributed by atoms with Crippen LogP contribution in [-0.4, -0.2) is 22.5 Å². The highest BCUT2D eigenvalue weighted by molar-refractivity contribution is 7.92. The van der Waals surface area contributed by atoms with E-state index in [1.165, 1.54) is 12.1 Å². The molecule has 2 aromatic rings. The summed E-state index contributed by atoms with van der Waals surface area (Å²) in [6.07, 6.45) is 0. The molecule has 0 saturated carbocycles. The zero-order chi connectivity index (χ0) is 16.5. The summed E-state index contributed by atoms with van der Waals surface area (Å²) in [6.45, 7) is 1.73. The molecule has 0 radical (unpaired) electrons.